The minimum Gasteiger partial charge on any atom is -0.487 e. The number of rotatable bonds is 3. The van der Waals surface area contributed by atoms with Gasteiger partial charge in [-0.2, -0.15) is 0 Å². The van der Waals surface area contributed by atoms with Gasteiger partial charge >= 0.3 is 0 Å². The van der Waals surface area contributed by atoms with Crippen molar-refractivity contribution in [2.24, 2.45) is 0 Å². The first-order valence-electron chi connectivity index (χ1n) is 5.18. The van der Waals surface area contributed by atoms with Gasteiger partial charge in [-0.25, -0.2) is 0 Å². The molecule has 0 aliphatic heterocycles. The third-order valence-corrected chi connectivity index (χ3v) is 3.92. The van der Waals surface area contributed by atoms with Crippen molar-refractivity contribution in [1.29, 1.82) is 0 Å². The van der Waals surface area contributed by atoms with Crippen LogP contribution in [0, 0.1) is 0 Å². The number of nitrogens with two attached hydrogens (primary N) is 1. The van der Waals surface area contributed by atoms with Gasteiger partial charge in [-0.3, -0.25) is 0 Å². The Hall–Kier alpha value is -0.900. The summed E-state index contributed by atoms with van der Waals surface area (Å²) in [6, 6.07) is 10.8. The monoisotopic (exact) mass is 345 g/mol. The molecule has 2 nitrogen and oxygen atoms in total. The SMILES string of the molecule is Nc1ccc(COc2cccc(Cl)c2Cl)c(Br)c1. The molecule has 0 spiro atoms. The van der Waals surface area contributed by atoms with Crippen molar-refractivity contribution in [2.45, 2.75) is 6.61 Å². The molecule has 0 amide bonds. The molecule has 2 rings (SSSR count). The van der Waals surface area contributed by atoms with E-state index in [0.717, 1.165) is 10.0 Å². The molecule has 0 aromatic heterocycles. The Bertz CT molecular complexity index is 575. The van der Waals surface area contributed by atoms with Crippen LogP contribution in [-0.2, 0) is 6.61 Å². The van der Waals surface area contributed by atoms with Gasteiger partial charge in [0.1, 0.15) is 17.4 Å². The summed E-state index contributed by atoms with van der Waals surface area (Å²) < 4.78 is 6.54. The number of ether oxygens (including phenoxy) is 1. The van der Waals surface area contributed by atoms with E-state index in [2.05, 4.69) is 15.9 Å². The fourth-order valence-corrected chi connectivity index (χ4v) is 2.29. The van der Waals surface area contributed by atoms with Crippen molar-refractivity contribution < 1.29 is 4.74 Å². The van der Waals surface area contributed by atoms with Crippen molar-refractivity contribution in [3.8, 4) is 5.75 Å². The van der Waals surface area contributed by atoms with Crippen LogP contribution in [0.15, 0.2) is 40.9 Å². The molecule has 18 heavy (non-hydrogen) atoms. The normalized spacial score (nSPS) is 10.4. The molecule has 2 N–H and O–H groups in total. The lowest BCUT2D eigenvalue weighted by molar-refractivity contribution is 0.305. The van der Waals surface area contributed by atoms with Crippen molar-refractivity contribution in [1.82, 2.24) is 0 Å². The van der Waals surface area contributed by atoms with Crippen molar-refractivity contribution in [3.63, 3.8) is 0 Å². The van der Waals surface area contributed by atoms with Gasteiger partial charge < -0.3 is 10.5 Å². The number of benzene rings is 2. The maximum absolute atomic E-state index is 6.04. The van der Waals surface area contributed by atoms with E-state index in [4.69, 9.17) is 33.7 Å². The quantitative estimate of drug-likeness (QED) is 0.801. The molecule has 94 valence electrons. The van der Waals surface area contributed by atoms with Gasteiger partial charge in [-0.05, 0) is 24.3 Å². The highest BCUT2D eigenvalue weighted by Gasteiger charge is 2.07. The van der Waals surface area contributed by atoms with Crippen LogP contribution in [-0.4, -0.2) is 0 Å². The molecule has 0 atom stereocenters. The molecular weight excluding hydrogens is 337 g/mol. The Morgan fingerprint density at radius 1 is 1.17 bits per heavy atom. The maximum atomic E-state index is 6.04. The zero-order chi connectivity index (χ0) is 13.1. The Balaban J connectivity index is 2.14. The molecule has 0 saturated heterocycles. The summed E-state index contributed by atoms with van der Waals surface area (Å²) >= 11 is 15.4. The fourth-order valence-electron chi connectivity index (χ4n) is 1.43. The lowest BCUT2D eigenvalue weighted by Crippen LogP contribution is -1.98. The molecule has 0 aliphatic carbocycles. The Labute approximate surface area is 124 Å². The average Bonchev–Trinajstić information content (AvgIpc) is 2.33. The minimum atomic E-state index is 0.390. The summed E-state index contributed by atoms with van der Waals surface area (Å²) in [6.45, 7) is 0.390. The van der Waals surface area contributed by atoms with Crippen LogP contribution >= 0.6 is 39.1 Å². The summed E-state index contributed by atoms with van der Waals surface area (Å²) in [6.07, 6.45) is 0. The summed E-state index contributed by atoms with van der Waals surface area (Å²) in [7, 11) is 0. The smallest absolute Gasteiger partial charge is 0.139 e. The van der Waals surface area contributed by atoms with E-state index in [1.807, 2.05) is 18.2 Å². The maximum Gasteiger partial charge on any atom is 0.139 e. The molecule has 0 saturated carbocycles. The van der Waals surface area contributed by atoms with Crippen molar-refractivity contribution in [3.05, 3.63) is 56.5 Å². The molecule has 5 heteroatoms. The number of hydrogen-bond donors (Lipinski definition) is 1. The first kappa shape index (κ1) is 13.5. The molecule has 2 aromatic carbocycles. The Kier molecular flexibility index (Phi) is 4.38. The van der Waals surface area contributed by atoms with Crippen molar-refractivity contribution in [2.75, 3.05) is 5.73 Å². The van der Waals surface area contributed by atoms with Gasteiger partial charge in [0.05, 0.1) is 5.02 Å². The second-order valence-electron chi connectivity index (χ2n) is 3.69. The average molecular weight is 347 g/mol. The Morgan fingerprint density at radius 2 is 1.94 bits per heavy atom. The number of halogens is 3. The second kappa shape index (κ2) is 5.83. The third-order valence-electron chi connectivity index (χ3n) is 2.38. The van der Waals surface area contributed by atoms with Crippen molar-refractivity contribution >= 4 is 44.8 Å². The van der Waals surface area contributed by atoms with Crippen LogP contribution in [0.1, 0.15) is 5.56 Å². The summed E-state index contributed by atoms with van der Waals surface area (Å²) in [4.78, 5) is 0. The van der Waals surface area contributed by atoms with E-state index < -0.39 is 0 Å². The first-order chi connectivity index (χ1) is 8.58. The number of anilines is 1. The zero-order valence-corrected chi connectivity index (χ0v) is 12.4. The molecule has 0 unspecified atom stereocenters. The van der Waals surface area contributed by atoms with Gasteiger partial charge in [0.15, 0.2) is 0 Å². The highest BCUT2D eigenvalue weighted by Crippen LogP contribution is 2.32. The van der Waals surface area contributed by atoms with E-state index in [1.165, 1.54) is 0 Å². The fraction of sp³-hybridized carbons (Fsp3) is 0.0769. The first-order valence-corrected chi connectivity index (χ1v) is 6.73. The Morgan fingerprint density at radius 3 is 2.67 bits per heavy atom. The summed E-state index contributed by atoms with van der Waals surface area (Å²) in [5.41, 5.74) is 7.36. The molecule has 0 bridgehead atoms. The minimum absolute atomic E-state index is 0.390. The lowest BCUT2D eigenvalue weighted by Gasteiger charge is -2.10. The largest absolute Gasteiger partial charge is 0.487 e. The van der Waals surface area contributed by atoms with Crippen LogP contribution in [0.5, 0.6) is 5.75 Å². The highest BCUT2D eigenvalue weighted by molar-refractivity contribution is 9.10. The highest BCUT2D eigenvalue weighted by atomic mass is 79.9. The predicted octanol–water partition coefficient (Wildman–Crippen LogP) is 4.92. The van der Waals surface area contributed by atoms with E-state index in [-0.39, 0.29) is 0 Å². The van der Waals surface area contributed by atoms with Crippen LogP contribution in [0.2, 0.25) is 10.0 Å². The molecule has 0 heterocycles. The summed E-state index contributed by atoms with van der Waals surface area (Å²) in [5.74, 6) is 0.563. The zero-order valence-electron chi connectivity index (χ0n) is 9.29. The third kappa shape index (κ3) is 3.10. The van der Waals surface area contributed by atoms with E-state index in [1.54, 1.807) is 18.2 Å². The van der Waals surface area contributed by atoms with Crippen LogP contribution in [0.4, 0.5) is 5.69 Å². The van der Waals surface area contributed by atoms with Gasteiger partial charge in [0, 0.05) is 15.7 Å². The van der Waals surface area contributed by atoms with E-state index in [0.29, 0.717) is 28.1 Å². The number of nitrogen functional groups attached to an aromatic ring is 1. The number of hydrogen-bond acceptors (Lipinski definition) is 2. The molecule has 2 aromatic rings. The van der Waals surface area contributed by atoms with E-state index >= 15 is 0 Å². The van der Waals surface area contributed by atoms with Gasteiger partial charge in [-0.15, -0.1) is 0 Å². The lowest BCUT2D eigenvalue weighted by atomic mass is 10.2. The van der Waals surface area contributed by atoms with Crippen LogP contribution in [0.25, 0.3) is 0 Å². The van der Waals surface area contributed by atoms with Crippen LogP contribution in [0.3, 0.4) is 0 Å². The molecule has 0 fully saturated rings. The molecule has 0 radical (unpaired) electrons. The molecular formula is C13H10BrCl2NO. The molecule has 0 aliphatic rings. The summed E-state index contributed by atoms with van der Waals surface area (Å²) in [5, 5.41) is 0.899. The van der Waals surface area contributed by atoms with E-state index in [9.17, 15) is 0 Å². The second-order valence-corrected chi connectivity index (χ2v) is 5.33. The van der Waals surface area contributed by atoms with Gasteiger partial charge in [0.25, 0.3) is 0 Å². The predicted molar refractivity (Wildman–Crippen MR) is 79.3 cm³/mol. The van der Waals surface area contributed by atoms with Gasteiger partial charge in [-0.1, -0.05) is 51.3 Å². The standard InChI is InChI=1S/C13H10BrCl2NO/c14-10-6-9(17)5-4-8(10)7-18-12-3-1-2-11(15)13(12)16/h1-6H,7,17H2. The van der Waals surface area contributed by atoms with Crippen LogP contribution < -0.4 is 10.5 Å². The van der Waals surface area contributed by atoms with Gasteiger partial charge in [0.2, 0.25) is 0 Å². The topological polar surface area (TPSA) is 35.2 Å².